The summed E-state index contributed by atoms with van der Waals surface area (Å²) in [6.45, 7) is 0. The second-order valence-corrected chi connectivity index (χ2v) is 6.10. The molecule has 2 heterocycles. The number of hydrogen-bond acceptors (Lipinski definition) is 4. The normalized spacial score (nSPS) is 11.9. The summed E-state index contributed by atoms with van der Waals surface area (Å²) >= 11 is 0. The highest BCUT2D eigenvalue weighted by atomic mass is 19.4. The molecule has 28 heavy (non-hydrogen) atoms. The zero-order valence-corrected chi connectivity index (χ0v) is 14.4. The van der Waals surface area contributed by atoms with Gasteiger partial charge in [-0.15, -0.1) is 0 Å². The molecule has 142 valence electrons. The van der Waals surface area contributed by atoms with Crippen LogP contribution in [-0.2, 0) is 6.18 Å². The third kappa shape index (κ3) is 3.02. The largest absolute Gasteiger partial charge is 0.497 e. The number of aromatic carboxylic acids is 1. The molecular formula is C20H12F3NO4. The smallest absolute Gasteiger partial charge is 0.416 e. The first-order valence-corrected chi connectivity index (χ1v) is 8.09. The van der Waals surface area contributed by atoms with Crippen LogP contribution in [0.25, 0.3) is 33.3 Å². The van der Waals surface area contributed by atoms with Crippen molar-refractivity contribution in [1.82, 2.24) is 4.98 Å². The molecule has 0 amide bonds. The number of carboxylic acids is 1. The molecule has 0 spiro atoms. The Morgan fingerprint density at radius 3 is 2.57 bits per heavy atom. The number of ether oxygens (including phenoxy) is 1. The zero-order valence-electron chi connectivity index (χ0n) is 14.4. The van der Waals surface area contributed by atoms with Crippen molar-refractivity contribution >= 4 is 27.8 Å². The van der Waals surface area contributed by atoms with Crippen molar-refractivity contribution in [2.75, 3.05) is 7.11 Å². The van der Waals surface area contributed by atoms with Gasteiger partial charge >= 0.3 is 12.1 Å². The van der Waals surface area contributed by atoms with Gasteiger partial charge in [0.1, 0.15) is 17.0 Å². The maximum atomic E-state index is 13.0. The quantitative estimate of drug-likeness (QED) is 0.511. The van der Waals surface area contributed by atoms with E-state index in [4.69, 9.17) is 9.15 Å². The lowest BCUT2D eigenvalue weighted by Gasteiger charge is -2.10. The van der Waals surface area contributed by atoms with Crippen LogP contribution in [0, 0.1) is 0 Å². The van der Waals surface area contributed by atoms with Gasteiger partial charge in [-0.1, -0.05) is 0 Å². The molecule has 0 saturated heterocycles. The van der Waals surface area contributed by atoms with Crippen molar-refractivity contribution in [3.05, 3.63) is 59.7 Å². The molecule has 0 aliphatic heterocycles. The monoisotopic (exact) mass is 387 g/mol. The number of halogens is 3. The molecule has 0 unspecified atom stereocenters. The highest BCUT2D eigenvalue weighted by Crippen LogP contribution is 2.35. The van der Waals surface area contributed by atoms with Gasteiger partial charge in [0.25, 0.3) is 0 Å². The van der Waals surface area contributed by atoms with Gasteiger partial charge in [-0.3, -0.25) is 0 Å². The van der Waals surface area contributed by atoms with Gasteiger partial charge in [-0.05, 0) is 42.5 Å². The first-order chi connectivity index (χ1) is 13.3. The van der Waals surface area contributed by atoms with Crippen LogP contribution in [0.3, 0.4) is 0 Å². The van der Waals surface area contributed by atoms with Crippen molar-refractivity contribution in [2.45, 2.75) is 6.18 Å². The van der Waals surface area contributed by atoms with Crippen LogP contribution < -0.4 is 4.74 Å². The lowest BCUT2D eigenvalue weighted by atomic mass is 10.0. The topological polar surface area (TPSA) is 72.6 Å². The Labute approximate surface area is 156 Å². The number of carboxylic acid groups (broad SMARTS) is 1. The summed E-state index contributed by atoms with van der Waals surface area (Å²) < 4.78 is 49.8. The average Bonchev–Trinajstić information content (AvgIpc) is 3.08. The Morgan fingerprint density at radius 1 is 1.11 bits per heavy atom. The van der Waals surface area contributed by atoms with Gasteiger partial charge in [-0.2, -0.15) is 13.2 Å². The number of carbonyl (C=O) groups is 1. The summed E-state index contributed by atoms with van der Waals surface area (Å²) in [7, 11) is 1.52. The zero-order chi connectivity index (χ0) is 20.1. The second-order valence-electron chi connectivity index (χ2n) is 6.10. The van der Waals surface area contributed by atoms with E-state index in [1.54, 1.807) is 24.3 Å². The molecule has 0 radical (unpaired) electrons. The Kier molecular flexibility index (Phi) is 3.99. The maximum Gasteiger partial charge on any atom is 0.416 e. The van der Waals surface area contributed by atoms with E-state index >= 15 is 0 Å². The van der Waals surface area contributed by atoms with Gasteiger partial charge in [0, 0.05) is 16.8 Å². The van der Waals surface area contributed by atoms with Crippen LogP contribution in [0.1, 0.15) is 15.9 Å². The molecule has 0 bridgehead atoms. The minimum Gasteiger partial charge on any atom is -0.497 e. The minimum absolute atomic E-state index is 0.0937. The van der Waals surface area contributed by atoms with E-state index in [2.05, 4.69) is 4.98 Å². The molecule has 0 aliphatic carbocycles. The standard InChI is InChI=1S/C20H12F3NO4/c1-27-12-4-2-10-6-18(28-17(10)8-12)16-9-14(19(25)26)13-7-11(20(21,22)23)3-5-15(13)24-16/h2-9H,1H3,(H,25,26). The van der Waals surface area contributed by atoms with Gasteiger partial charge < -0.3 is 14.3 Å². The predicted molar refractivity (Wildman–Crippen MR) is 95.5 cm³/mol. The van der Waals surface area contributed by atoms with E-state index < -0.39 is 17.7 Å². The average molecular weight is 387 g/mol. The lowest BCUT2D eigenvalue weighted by molar-refractivity contribution is -0.137. The highest BCUT2D eigenvalue weighted by Gasteiger charge is 2.31. The molecule has 0 fully saturated rings. The summed E-state index contributed by atoms with van der Waals surface area (Å²) in [5.41, 5.74) is -0.377. The molecule has 2 aromatic carbocycles. The summed E-state index contributed by atoms with van der Waals surface area (Å²) in [5, 5.41) is 10.2. The first-order valence-electron chi connectivity index (χ1n) is 8.09. The number of hydrogen-bond donors (Lipinski definition) is 1. The molecular weight excluding hydrogens is 375 g/mol. The van der Waals surface area contributed by atoms with Crippen LogP contribution in [0.5, 0.6) is 5.75 Å². The molecule has 8 heteroatoms. The van der Waals surface area contributed by atoms with Gasteiger partial charge in [0.2, 0.25) is 0 Å². The van der Waals surface area contributed by atoms with Gasteiger partial charge in [-0.25, -0.2) is 9.78 Å². The van der Waals surface area contributed by atoms with E-state index in [-0.39, 0.29) is 22.2 Å². The Bertz CT molecular complexity index is 1230. The van der Waals surface area contributed by atoms with Gasteiger partial charge in [0.15, 0.2) is 5.76 Å². The molecule has 0 aliphatic rings. The second kappa shape index (κ2) is 6.26. The van der Waals surface area contributed by atoms with Crippen LogP contribution >= 0.6 is 0 Å². The third-order valence-electron chi connectivity index (χ3n) is 4.35. The highest BCUT2D eigenvalue weighted by molar-refractivity contribution is 6.04. The Hall–Kier alpha value is -3.55. The van der Waals surface area contributed by atoms with E-state index in [0.717, 1.165) is 23.6 Å². The fourth-order valence-corrected chi connectivity index (χ4v) is 2.97. The third-order valence-corrected chi connectivity index (χ3v) is 4.35. The van der Waals surface area contributed by atoms with Crippen molar-refractivity contribution in [2.24, 2.45) is 0 Å². The number of alkyl halides is 3. The number of pyridine rings is 1. The van der Waals surface area contributed by atoms with Crippen LogP contribution in [0.4, 0.5) is 13.2 Å². The van der Waals surface area contributed by atoms with E-state index in [9.17, 15) is 23.1 Å². The predicted octanol–water partition coefficient (Wildman–Crippen LogP) is 5.37. The number of nitrogens with zero attached hydrogens (tertiary/aromatic N) is 1. The van der Waals surface area contributed by atoms with Crippen LogP contribution in [0.2, 0.25) is 0 Å². The Morgan fingerprint density at radius 2 is 1.89 bits per heavy atom. The molecule has 2 aromatic heterocycles. The number of furan rings is 1. The van der Waals surface area contributed by atoms with Crippen molar-refractivity contribution in [3.63, 3.8) is 0 Å². The van der Waals surface area contributed by atoms with Crippen LogP contribution in [0.15, 0.2) is 52.9 Å². The summed E-state index contributed by atoms with van der Waals surface area (Å²) in [6.07, 6.45) is -4.58. The maximum absolute atomic E-state index is 13.0. The first kappa shape index (κ1) is 17.8. The number of fused-ring (bicyclic) bond motifs is 2. The summed E-state index contributed by atoms with van der Waals surface area (Å²) in [5.74, 6) is -0.468. The fraction of sp³-hybridized carbons (Fsp3) is 0.100. The molecule has 4 rings (SSSR count). The number of aromatic nitrogens is 1. The molecule has 1 N–H and O–H groups in total. The molecule has 0 atom stereocenters. The number of benzene rings is 2. The fourth-order valence-electron chi connectivity index (χ4n) is 2.97. The van der Waals surface area contributed by atoms with E-state index in [1.807, 2.05) is 0 Å². The SMILES string of the molecule is COc1ccc2cc(-c3cc(C(=O)O)c4cc(C(F)(F)F)ccc4n3)oc2c1. The molecule has 4 aromatic rings. The summed E-state index contributed by atoms with van der Waals surface area (Å²) in [4.78, 5) is 16.0. The minimum atomic E-state index is -4.58. The Balaban J connectivity index is 1.92. The number of methoxy groups -OCH3 is 1. The van der Waals surface area contributed by atoms with Gasteiger partial charge in [0.05, 0.1) is 23.8 Å². The van der Waals surface area contributed by atoms with Crippen LogP contribution in [-0.4, -0.2) is 23.2 Å². The van der Waals surface area contributed by atoms with Crippen molar-refractivity contribution in [3.8, 4) is 17.2 Å². The van der Waals surface area contributed by atoms with Crippen molar-refractivity contribution in [1.29, 1.82) is 0 Å². The lowest BCUT2D eigenvalue weighted by Crippen LogP contribution is -2.06. The van der Waals surface area contributed by atoms with Crippen molar-refractivity contribution < 1.29 is 32.2 Å². The van der Waals surface area contributed by atoms with E-state index in [0.29, 0.717) is 17.1 Å². The van der Waals surface area contributed by atoms with E-state index in [1.165, 1.54) is 13.2 Å². The molecule has 5 nitrogen and oxygen atoms in total. The molecule has 0 saturated carbocycles. The number of rotatable bonds is 3. The summed E-state index contributed by atoms with van der Waals surface area (Å²) in [6, 6.07) is 10.9.